The van der Waals surface area contributed by atoms with Crippen LogP contribution in [0.3, 0.4) is 0 Å². The third-order valence-electron chi connectivity index (χ3n) is 2.43. The van der Waals surface area contributed by atoms with E-state index in [-0.39, 0.29) is 5.82 Å². The Hall–Kier alpha value is -1.32. The van der Waals surface area contributed by atoms with Crippen molar-refractivity contribution in [1.82, 2.24) is 9.55 Å². The Labute approximate surface area is 110 Å². The van der Waals surface area contributed by atoms with Gasteiger partial charge in [0.25, 0.3) is 0 Å². The molecule has 1 fully saturated rings. The van der Waals surface area contributed by atoms with Crippen molar-refractivity contribution in [3.05, 3.63) is 17.7 Å². The van der Waals surface area contributed by atoms with E-state index < -0.39 is 62.9 Å². The summed E-state index contributed by atoms with van der Waals surface area (Å²) in [4.78, 5) is 15.7. The molecule has 0 saturated carbocycles. The normalized spacial score (nSPS) is 41.1. The van der Waals surface area contributed by atoms with Gasteiger partial charge < -0.3 is 9.30 Å². The highest BCUT2D eigenvalue weighted by molar-refractivity contribution is 5.74. The molecule has 0 bridgehead atoms. The van der Waals surface area contributed by atoms with Gasteiger partial charge in [-0.05, 0) is 19.7 Å². The van der Waals surface area contributed by atoms with Crippen LogP contribution in [0.1, 0.15) is 38.5 Å². The highest BCUT2D eigenvalue weighted by atomic mass is 16.5. The van der Waals surface area contributed by atoms with Crippen LogP contribution in [-0.2, 0) is 22.9 Å². The lowest BCUT2D eigenvalue weighted by atomic mass is 9.89. The summed E-state index contributed by atoms with van der Waals surface area (Å²) in [6.45, 7) is -4.99. The van der Waals surface area contributed by atoms with Gasteiger partial charge in [-0.2, -0.15) is 0 Å². The number of rotatable bonds is 3. The smallest absolute Gasteiger partial charge is 0.309 e. The van der Waals surface area contributed by atoms with Crippen molar-refractivity contribution in [3.8, 4) is 0 Å². The SMILES string of the molecule is [2H]c1nc(C)n(C([2H])([2H])[2H])c1C([2H])([2H])[C@@]1([2H])COC(=O)[C@H]1CC([2H])([2H])[2H]. The molecule has 88 valence electrons. The summed E-state index contributed by atoms with van der Waals surface area (Å²) in [5.41, 5.74) is -0.709. The van der Waals surface area contributed by atoms with Gasteiger partial charge in [-0.3, -0.25) is 4.79 Å². The minimum absolute atomic E-state index is 0.157. The Morgan fingerprint density at radius 2 is 2.81 bits per heavy atom. The summed E-state index contributed by atoms with van der Waals surface area (Å²) in [6, 6.07) is 0. The summed E-state index contributed by atoms with van der Waals surface area (Å²) < 4.78 is 83.2. The quantitative estimate of drug-likeness (QED) is 0.741. The molecule has 0 spiro atoms. The second-order valence-electron chi connectivity index (χ2n) is 3.47. The molecule has 2 heterocycles. The Bertz CT molecular complexity index is 723. The first kappa shape index (κ1) is 4.17. The number of carbonyl (C=O) groups excluding carboxylic acids is 1. The van der Waals surface area contributed by atoms with Gasteiger partial charge in [-0.25, -0.2) is 4.98 Å². The molecular weight excluding hydrogens is 204 g/mol. The first-order chi connectivity index (χ1) is 11.5. The first-order valence-corrected chi connectivity index (χ1v) is 4.76. The van der Waals surface area contributed by atoms with Gasteiger partial charge >= 0.3 is 5.97 Å². The summed E-state index contributed by atoms with van der Waals surface area (Å²) in [7, 11) is 0. The fourth-order valence-electron chi connectivity index (χ4n) is 1.45. The van der Waals surface area contributed by atoms with E-state index in [2.05, 4.69) is 4.98 Å². The zero-order valence-corrected chi connectivity index (χ0v) is 8.70. The Morgan fingerprint density at radius 1 is 1.94 bits per heavy atom. The Balaban J connectivity index is 2.65. The fourth-order valence-corrected chi connectivity index (χ4v) is 1.45. The predicted molar refractivity (Wildman–Crippen MR) is 59.9 cm³/mol. The largest absolute Gasteiger partial charge is 0.465 e. The van der Waals surface area contributed by atoms with E-state index in [0.29, 0.717) is 4.57 Å². The molecule has 16 heavy (non-hydrogen) atoms. The van der Waals surface area contributed by atoms with E-state index in [1.807, 2.05) is 0 Å². The molecule has 2 rings (SSSR count). The number of esters is 1. The fraction of sp³-hybridized carbons (Fsp3) is 0.667. The van der Waals surface area contributed by atoms with Gasteiger partial charge in [0.2, 0.25) is 0 Å². The lowest BCUT2D eigenvalue weighted by molar-refractivity contribution is -0.141. The maximum atomic E-state index is 12.0. The summed E-state index contributed by atoms with van der Waals surface area (Å²) in [5, 5.41) is 0. The van der Waals surface area contributed by atoms with Crippen LogP contribution in [0.15, 0.2) is 6.17 Å². The van der Waals surface area contributed by atoms with Crippen molar-refractivity contribution < 1.29 is 23.2 Å². The third kappa shape index (κ3) is 1.84. The van der Waals surface area contributed by atoms with Crippen molar-refractivity contribution in [2.45, 2.75) is 26.6 Å². The minimum Gasteiger partial charge on any atom is -0.465 e. The lowest BCUT2D eigenvalue weighted by Crippen LogP contribution is -2.18. The Morgan fingerprint density at radius 3 is 3.56 bits per heavy atom. The van der Waals surface area contributed by atoms with Crippen LogP contribution in [-0.4, -0.2) is 22.1 Å². The molecule has 1 saturated heterocycles. The molecule has 4 heteroatoms. The molecule has 1 aliphatic heterocycles. The molecule has 0 aliphatic carbocycles. The van der Waals surface area contributed by atoms with Crippen molar-refractivity contribution in [2.24, 2.45) is 18.8 Å². The van der Waals surface area contributed by atoms with Crippen LogP contribution in [0.25, 0.3) is 0 Å². The van der Waals surface area contributed by atoms with Gasteiger partial charge in [0, 0.05) is 37.1 Å². The summed E-state index contributed by atoms with van der Waals surface area (Å²) in [6.07, 6.45) is -4.38. The molecule has 0 amide bonds. The van der Waals surface area contributed by atoms with E-state index in [1.165, 1.54) is 6.92 Å². The van der Waals surface area contributed by atoms with Gasteiger partial charge in [0.15, 0.2) is 0 Å². The van der Waals surface area contributed by atoms with E-state index in [1.54, 1.807) is 0 Å². The molecule has 0 N–H and O–H groups in total. The van der Waals surface area contributed by atoms with Gasteiger partial charge in [0.1, 0.15) is 5.82 Å². The number of carbonyl (C=O) groups is 1. The van der Waals surface area contributed by atoms with Crippen molar-refractivity contribution in [1.29, 1.82) is 0 Å². The van der Waals surface area contributed by atoms with Crippen molar-refractivity contribution in [3.63, 3.8) is 0 Å². The number of hydrogen-bond donors (Lipinski definition) is 0. The van der Waals surface area contributed by atoms with Gasteiger partial charge in [0.05, 0.1) is 13.9 Å². The van der Waals surface area contributed by atoms with E-state index >= 15 is 0 Å². The molecule has 2 atom stereocenters. The molecule has 0 radical (unpaired) electrons. The molecule has 4 nitrogen and oxygen atoms in total. The maximum absolute atomic E-state index is 12.0. The number of cyclic esters (lactones) is 1. The lowest BCUT2D eigenvalue weighted by Gasteiger charge is -2.13. The highest BCUT2D eigenvalue weighted by Gasteiger charge is 2.35. The predicted octanol–water partition coefficient (Wildman–Crippen LogP) is 1.47. The van der Waals surface area contributed by atoms with Crippen LogP contribution in [0.2, 0.25) is 0 Å². The average Bonchev–Trinajstić information content (AvgIpc) is 2.89. The summed E-state index contributed by atoms with van der Waals surface area (Å²) >= 11 is 0. The molecule has 0 unspecified atom stereocenters. The zero-order valence-electron chi connectivity index (χ0n) is 18.7. The van der Waals surface area contributed by atoms with Crippen molar-refractivity contribution in [2.75, 3.05) is 6.61 Å². The second kappa shape index (κ2) is 4.28. The molecule has 0 aromatic carbocycles. The first-order valence-electron chi connectivity index (χ1n) is 9.76. The third-order valence-corrected chi connectivity index (χ3v) is 2.43. The number of nitrogens with zero attached hydrogens (tertiary/aromatic N) is 2. The second-order valence-corrected chi connectivity index (χ2v) is 3.47. The van der Waals surface area contributed by atoms with Crippen molar-refractivity contribution >= 4 is 5.97 Å². The highest BCUT2D eigenvalue weighted by Crippen LogP contribution is 2.28. The maximum Gasteiger partial charge on any atom is 0.309 e. The van der Waals surface area contributed by atoms with Gasteiger partial charge in [-0.1, -0.05) is 6.85 Å². The molecule has 1 aromatic heterocycles. The monoisotopic (exact) mass is 232 g/mol. The average molecular weight is 232 g/mol. The number of ether oxygens (including phenoxy) is 1. The number of imidazole rings is 1. The van der Waals surface area contributed by atoms with Crippen LogP contribution in [0, 0.1) is 18.7 Å². The molecule has 1 aromatic rings. The minimum atomic E-state index is -2.89. The van der Waals surface area contributed by atoms with Crippen LogP contribution >= 0.6 is 0 Å². The number of aryl methyl sites for hydroxylation is 1. The number of aromatic nitrogens is 2. The molecule has 1 aliphatic rings. The van der Waals surface area contributed by atoms with E-state index in [9.17, 15) is 4.79 Å². The topological polar surface area (TPSA) is 44.1 Å². The zero-order chi connectivity index (χ0) is 20.3. The standard InChI is InChI=1S/C12H18N2O2/c1-4-11-9(7-16-12(11)15)5-10-6-13-8(2)14(10)3/h6,9,11H,4-5,7H2,1-3H3/t9-,11-/m0/s1/i1D3,3D3,5D2,6D,9D. The Kier molecular flexibility index (Phi) is 1.11. The summed E-state index contributed by atoms with van der Waals surface area (Å²) in [5.74, 6) is -5.27. The van der Waals surface area contributed by atoms with E-state index in [4.69, 9.17) is 18.4 Å². The van der Waals surface area contributed by atoms with Gasteiger partial charge in [-0.15, -0.1) is 0 Å². The molecular formula is C12H18N2O2. The number of hydrogen-bond acceptors (Lipinski definition) is 3. The van der Waals surface area contributed by atoms with Crippen LogP contribution < -0.4 is 0 Å². The van der Waals surface area contributed by atoms with Crippen LogP contribution in [0.5, 0.6) is 0 Å². The van der Waals surface area contributed by atoms with E-state index in [0.717, 1.165) is 0 Å². The van der Waals surface area contributed by atoms with Crippen LogP contribution in [0.4, 0.5) is 0 Å².